The minimum atomic E-state index is -0.213. The molecule has 2 amide bonds. The van der Waals surface area contributed by atoms with E-state index in [9.17, 15) is 9.59 Å². The molecule has 1 unspecified atom stereocenters. The van der Waals surface area contributed by atoms with Gasteiger partial charge in [0.05, 0.1) is 23.8 Å². The van der Waals surface area contributed by atoms with Gasteiger partial charge in [0.25, 0.3) is 11.8 Å². The molecular formula is C14H15BrN2O3. The summed E-state index contributed by atoms with van der Waals surface area (Å²) in [5.74, 6) is -0.420. The molecule has 1 fully saturated rings. The Morgan fingerprint density at radius 2 is 2.10 bits per heavy atom. The minimum absolute atomic E-state index is 0.0693. The molecule has 0 bridgehead atoms. The number of morpholine rings is 1. The van der Waals surface area contributed by atoms with Gasteiger partial charge >= 0.3 is 0 Å². The molecule has 0 aromatic heterocycles. The molecule has 2 aliphatic rings. The lowest BCUT2D eigenvalue weighted by Gasteiger charge is -2.25. The minimum Gasteiger partial charge on any atom is -0.376 e. The molecule has 1 aromatic carbocycles. The summed E-state index contributed by atoms with van der Waals surface area (Å²) in [4.78, 5) is 25.8. The fourth-order valence-electron chi connectivity index (χ4n) is 2.54. The first-order valence-corrected chi connectivity index (χ1v) is 7.44. The van der Waals surface area contributed by atoms with Crippen LogP contribution in [-0.4, -0.2) is 49.1 Å². The van der Waals surface area contributed by atoms with Crippen LogP contribution < -0.4 is 5.32 Å². The highest BCUT2D eigenvalue weighted by Gasteiger charge is 2.35. The summed E-state index contributed by atoms with van der Waals surface area (Å²) >= 11 is 3.32. The molecule has 1 atom stereocenters. The van der Waals surface area contributed by atoms with Gasteiger partial charge in [0, 0.05) is 24.1 Å². The van der Waals surface area contributed by atoms with Crippen LogP contribution in [0.25, 0.3) is 0 Å². The lowest BCUT2D eigenvalue weighted by Crippen LogP contribution is -2.41. The van der Waals surface area contributed by atoms with Gasteiger partial charge in [0.15, 0.2) is 0 Å². The lowest BCUT2D eigenvalue weighted by atomic mass is 10.1. The van der Waals surface area contributed by atoms with Crippen molar-refractivity contribution in [1.29, 1.82) is 0 Å². The molecule has 1 saturated heterocycles. The molecule has 2 heterocycles. The van der Waals surface area contributed by atoms with Crippen molar-refractivity contribution in [3.05, 3.63) is 33.8 Å². The van der Waals surface area contributed by atoms with E-state index >= 15 is 0 Å². The van der Waals surface area contributed by atoms with Crippen LogP contribution in [0.4, 0.5) is 0 Å². The molecule has 1 N–H and O–H groups in total. The highest BCUT2D eigenvalue weighted by molar-refractivity contribution is 9.10. The smallest absolute Gasteiger partial charge is 0.261 e. The average molecular weight is 339 g/mol. The van der Waals surface area contributed by atoms with E-state index in [2.05, 4.69) is 21.2 Å². The second-order valence-electron chi connectivity index (χ2n) is 4.94. The number of hydrogen-bond acceptors (Lipinski definition) is 4. The fourth-order valence-corrected chi connectivity index (χ4v) is 2.91. The third-order valence-electron chi connectivity index (χ3n) is 3.61. The first-order chi connectivity index (χ1) is 9.66. The number of nitrogens with one attached hydrogen (secondary N) is 1. The summed E-state index contributed by atoms with van der Waals surface area (Å²) in [6.45, 7) is 2.71. The number of fused-ring (bicyclic) bond motifs is 1. The molecule has 20 heavy (non-hydrogen) atoms. The van der Waals surface area contributed by atoms with E-state index in [-0.39, 0.29) is 17.9 Å². The van der Waals surface area contributed by atoms with E-state index in [1.165, 1.54) is 4.90 Å². The predicted molar refractivity (Wildman–Crippen MR) is 76.7 cm³/mol. The van der Waals surface area contributed by atoms with Gasteiger partial charge in [-0.15, -0.1) is 0 Å². The van der Waals surface area contributed by atoms with Crippen molar-refractivity contribution < 1.29 is 14.3 Å². The Morgan fingerprint density at radius 1 is 1.30 bits per heavy atom. The van der Waals surface area contributed by atoms with Crippen LogP contribution in [0.15, 0.2) is 22.7 Å². The molecule has 1 aromatic rings. The van der Waals surface area contributed by atoms with E-state index < -0.39 is 0 Å². The number of carbonyl (C=O) groups excluding carboxylic acids is 2. The first-order valence-electron chi connectivity index (χ1n) is 6.65. The molecule has 3 rings (SSSR count). The quantitative estimate of drug-likeness (QED) is 0.847. The zero-order valence-corrected chi connectivity index (χ0v) is 12.5. The summed E-state index contributed by atoms with van der Waals surface area (Å²) < 4.78 is 6.39. The van der Waals surface area contributed by atoms with Crippen molar-refractivity contribution in [2.24, 2.45) is 0 Å². The van der Waals surface area contributed by atoms with Crippen LogP contribution in [0.2, 0.25) is 0 Å². The maximum Gasteiger partial charge on any atom is 0.261 e. The van der Waals surface area contributed by atoms with E-state index in [0.717, 1.165) is 17.6 Å². The van der Waals surface area contributed by atoms with Gasteiger partial charge in [-0.25, -0.2) is 0 Å². The van der Waals surface area contributed by atoms with Gasteiger partial charge < -0.3 is 10.1 Å². The number of rotatable bonds is 3. The van der Waals surface area contributed by atoms with Crippen LogP contribution in [0.3, 0.4) is 0 Å². The van der Waals surface area contributed by atoms with Gasteiger partial charge in [-0.05, 0) is 24.6 Å². The summed E-state index contributed by atoms with van der Waals surface area (Å²) in [7, 11) is 0. The largest absolute Gasteiger partial charge is 0.376 e. The number of imide groups is 1. The second-order valence-corrected chi connectivity index (χ2v) is 5.85. The van der Waals surface area contributed by atoms with Crippen molar-refractivity contribution >= 4 is 27.7 Å². The number of ether oxygens (including phenoxy) is 1. The van der Waals surface area contributed by atoms with Gasteiger partial charge in [-0.3, -0.25) is 14.5 Å². The SMILES string of the molecule is O=C1c2ccc(Br)cc2C(=O)N1CCC1CNCCO1. The van der Waals surface area contributed by atoms with Crippen LogP contribution >= 0.6 is 15.9 Å². The van der Waals surface area contributed by atoms with Crippen LogP contribution in [-0.2, 0) is 4.74 Å². The molecule has 0 spiro atoms. The van der Waals surface area contributed by atoms with Crippen molar-refractivity contribution in [2.75, 3.05) is 26.2 Å². The fraction of sp³-hybridized carbons (Fsp3) is 0.429. The summed E-state index contributed by atoms with van der Waals surface area (Å²) in [5.41, 5.74) is 0.966. The molecule has 6 heteroatoms. The number of carbonyl (C=O) groups is 2. The highest BCUT2D eigenvalue weighted by Crippen LogP contribution is 2.26. The topological polar surface area (TPSA) is 58.6 Å². The summed E-state index contributed by atoms with van der Waals surface area (Å²) in [6, 6.07) is 5.17. The molecule has 0 aliphatic carbocycles. The lowest BCUT2D eigenvalue weighted by molar-refractivity contribution is 0.0180. The number of hydrogen-bond donors (Lipinski definition) is 1. The number of amides is 2. The normalized spacial score (nSPS) is 22.2. The Bertz CT molecular complexity index is 555. The third-order valence-corrected chi connectivity index (χ3v) is 4.11. The van der Waals surface area contributed by atoms with Crippen molar-refractivity contribution in [3.63, 3.8) is 0 Å². The highest BCUT2D eigenvalue weighted by atomic mass is 79.9. The van der Waals surface area contributed by atoms with E-state index in [1.54, 1.807) is 18.2 Å². The van der Waals surface area contributed by atoms with Crippen molar-refractivity contribution in [3.8, 4) is 0 Å². The predicted octanol–water partition coefficient (Wildman–Crippen LogP) is 1.42. The Labute approximate surface area is 125 Å². The van der Waals surface area contributed by atoms with E-state index in [0.29, 0.717) is 30.7 Å². The van der Waals surface area contributed by atoms with Crippen LogP contribution in [0.5, 0.6) is 0 Å². The maximum atomic E-state index is 12.3. The van der Waals surface area contributed by atoms with E-state index in [1.807, 2.05) is 0 Å². The average Bonchev–Trinajstić information content (AvgIpc) is 2.70. The summed E-state index contributed by atoms with van der Waals surface area (Å²) in [6.07, 6.45) is 0.736. The van der Waals surface area contributed by atoms with Crippen molar-refractivity contribution in [2.45, 2.75) is 12.5 Å². The first kappa shape index (κ1) is 13.7. The zero-order chi connectivity index (χ0) is 14.1. The molecule has 106 valence electrons. The molecule has 0 radical (unpaired) electrons. The maximum absolute atomic E-state index is 12.3. The number of halogens is 1. The van der Waals surface area contributed by atoms with Gasteiger partial charge in [-0.2, -0.15) is 0 Å². The van der Waals surface area contributed by atoms with Gasteiger partial charge in [0.1, 0.15) is 0 Å². The Morgan fingerprint density at radius 3 is 2.85 bits per heavy atom. The van der Waals surface area contributed by atoms with Gasteiger partial charge in [-0.1, -0.05) is 15.9 Å². The van der Waals surface area contributed by atoms with Crippen LogP contribution in [0.1, 0.15) is 27.1 Å². The van der Waals surface area contributed by atoms with Gasteiger partial charge in [0.2, 0.25) is 0 Å². The molecule has 2 aliphatic heterocycles. The monoisotopic (exact) mass is 338 g/mol. The molecule has 5 nitrogen and oxygen atoms in total. The standard InChI is InChI=1S/C14H15BrN2O3/c15-9-1-2-11-12(7-9)14(19)17(13(11)18)5-3-10-8-16-4-6-20-10/h1-2,7,10,16H,3-6,8H2. The Hall–Kier alpha value is -1.24. The molecule has 0 saturated carbocycles. The third kappa shape index (κ3) is 2.51. The molecular weight excluding hydrogens is 324 g/mol. The Balaban J connectivity index is 1.69. The number of benzene rings is 1. The summed E-state index contributed by atoms with van der Waals surface area (Å²) in [5, 5.41) is 3.24. The second kappa shape index (κ2) is 5.63. The zero-order valence-electron chi connectivity index (χ0n) is 10.9. The van der Waals surface area contributed by atoms with Crippen LogP contribution in [0, 0.1) is 0 Å². The Kier molecular flexibility index (Phi) is 3.87. The van der Waals surface area contributed by atoms with E-state index in [4.69, 9.17) is 4.74 Å². The van der Waals surface area contributed by atoms with Crippen molar-refractivity contribution in [1.82, 2.24) is 10.2 Å². The number of nitrogens with zero attached hydrogens (tertiary/aromatic N) is 1.